The Balaban J connectivity index is 2.17. The van der Waals surface area contributed by atoms with Crippen molar-refractivity contribution in [1.82, 2.24) is 5.32 Å². The Morgan fingerprint density at radius 1 is 1.14 bits per heavy atom. The molecule has 2 rings (SSSR count). The SMILES string of the molecule is COc1cccc(Cl)c1CNC(C)c1c(O)cccc1O. The third kappa shape index (κ3) is 3.40. The van der Waals surface area contributed by atoms with E-state index in [0.717, 1.165) is 5.56 Å². The summed E-state index contributed by atoms with van der Waals surface area (Å²) in [7, 11) is 1.59. The molecule has 2 aromatic rings. The van der Waals surface area contributed by atoms with Crippen molar-refractivity contribution < 1.29 is 14.9 Å². The fourth-order valence-electron chi connectivity index (χ4n) is 2.24. The molecular formula is C16H18ClNO3. The van der Waals surface area contributed by atoms with Crippen LogP contribution in [-0.4, -0.2) is 17.3 Å². The second-order valence-corrected chi connectivity index (χ2v) is 5.14. The van der Waals surface area contributed by atoms with Gasteiger partial charge in [-0.25, -0.2) is 0 Å². The first-order chi connectivity index (χ1) is 10.0. The summed E-state index contributed by atoms with van der Waals surface area (Å²) in [5, 5.41) is 23.6. The second-order valence-electron chi connectivity index (χ2n) is 4.73. The maximum atomic E-state index is 9.86. The van der Waals surface area contributed by atoms with Gasteiger partial charge in [-0.2, -0.15) is 0 Å². The van der Waals surface area contributed by atoms with Crippen LogP contribution >= 0.6 is 11.6 Å². The van der Waals surface area contributed by atoms with Crippen molar-refractivity contribution in [3.05, 3.63) is 52.5 Å². The molecule has 4 nitrogen and oxygen atoms in total. The number of phenols is 2. The number of hydrogen-bond acceptors (Lipinski definition) is 4. The van der Waals surface area contributed by atoms with Crippen molar-refractivity contribution in [2.24, 2.45) is 0 Å². The van der Waals surface area contributed by atoms with Crippen LogP contribution < -0.4 is 10.1 Å². The molecule has 5 heteroatoms. The highest BCUT2D eigenvalue weighted by molar-refractivity contribution is 6.31. The summed E-state index contributed by atoms with van der Waals surface area (Å²) in [6.45, 7) is 2.32. The first-order valence-electron chi connectivity index (χ1n) is 6.60. The molecule has 1 atom stereocenters. The van der Waals surface area contributed by atoms with Crippen LogP contribution in [0.2, 0.25) is 5.02 Å². The van der Waals surface area contributed by atoms with Gasteiger partial charge in [0.25, 0.3) is 0 Å². The zero-order valence-electron chi connectivity index (χ0n) is 11.9. The Labute approximate surface area is 129 Å². The smallest absolute Gasteiger partial charge is 0.124 e. The molecule has 0 bridgehead atoms. The van der Waals surface area contributed by atoms with Crippen molar-refractivity contribution >= 4 is 11.6 Å². The van der Waals surface area contributed by atoms with E-state index in [2.05, 4.69) is 5.32 Å². The van der Waals surface area contributed by atoms with Crippen molar-refractivity contribution in [3.63, 3.8) is 0 Å². The van der Waals surface area contributed by atoms with Crippen LogP contribution in [0.4, 0.5) is 0 Å². The predicted octanol–water partition coefficient (Wildman–Crippen LogP) is 3.61. The van der Waals surface area contributed by atoms with Crippen LogP contribution in [0.3, 0.4) is 0 Å². The van der Waals surface area contributed by atoms with Gasteiger partial charge in [0.1, 0.15) is 17.2 Å². The normalized spacial score (nSPS) is 12.1. The second kappa shape index (κ2) is 6.70. The molecule has 0 aliphatic carbocycles. The van der Waals surface area contributed by atoms with E-state index < -0.39 is 0 Å². The molecule has 2 aromatic carbocycles. The molecule has 0 amide bonds. The lowest BCUT2D eigenvalue weighted by Crippen LogP contribution is -2.19. The van der Waals surface area contributed by atoms with E-state index in [0.29, 0.717) is 22.9 Å². The number of rotatable bonds is 5. The van der Waals surface area contributed by atoms with Gasteiger partial charge in [-0.3, -0.25) is 0 Å². The van der Waals surface area contributed by atoms with E-state index in [-0.39, 0.29) is 17.5 Å². The number of nitrogens with one attached hydrogen (secondary N) is 1. The minimum absolute atomic E-state index is 0.0566. The lowest BCUT2D eigenvalue weighted by atomic mass is 10.1. The lowest BCUT2D eigenvalue weighted by molar-refractivity contribution is 0.401. The quantitative estimate of drug-likeness (QED) is 0.789. The first-order valence-corrected chi connectivity index (χ1v) is 6.98. The van der Waals surface area contributed by atoms with Gasteiger partial charge in [0.15, 0.2) is 0 Å². The predicted molar refractivity (Wildman–Crippen MR) is 83.0 cm³/mol. The molecule has 0 heterocycles. The number of ether oxygens (including phenoxy) is 1. The number of phenolic OH excluding ortho intramolecular Hbond substituents is 2. The molecule has 0 fully saturated rings. The third-order valence-electron chi connectivity index (χ3n) is 3.37. The summed E-state index contributed by atoms with van der Waals surface area (Å²) < 4.78 is 5.29. The summed E-state index contributed by atoms with van der Waals surface area (Å²) in [6.07, 6.45) is 0. The molecule has 1 unspecified atom stereocenters. The standard InChI is InChI=1S/C16H18ClNO3/c1-10(16-13(19)6-4-7-14(16)20)18-9-11-12(17)5-3-8-15(11)21-2/h3-8,10,18-20H,9H2,1-2H3. The zero-order valence-corrected chi connectivity index (χ0v) is 12.7. The van der Waals surface area contributed by atoms with Crippen molar-refractivity contribution in [1.29, 1.82) is 0 Å². The third-order valence-corrected chi connectivity index (χ3v) is 3.73. The molecule has 0 spiro atoms. The van der Waals surface area contributed by atoms with Gasteiger partial charge < -0.3 is 20.3 Å². The van der Waals surface area contributed by atoms with E-state index in [4.69, 9.17) is 16.3 Å². The minimum atomic E-state index is -0.243. The monoisotopic (exact) mass is 307 g/mol. The van der Waals surface area contributed by atoms with Crippen LogP contribution in [0.25, 0.3) is 0 Å². The molecule has 21 heavy (non-hydrogen) atoms. The Kier molecular flexibility index (Phi) is 4.94. The summed E-state index contributed by atoms with van der Waals surface area (Å²) in [5.41, 5.74) is 1.30. The molecule has 0 radical (unpaired) electrons. The fourth-order valence-corrected chi connectivity index (χ4v) is 2.48. The molecule has 3 N–H and O–H groups in total. The molecule has 0 aliphatic rings. The number of halogens is 1. The summed E-state index contributed by atoms with van der Waals surface area (Å²) in [6, 6.07) is 9.90. The number of aromatic hydroxyl groups is 2. The van der Waals surface area contributed by atoms with Crippen LogP contribution in [0.5, 0.6) is 17.2 Å². The molecular weight excluding hydrogens is 290 g/mol. The van der Waals surface area contributed by atoms with Gasteiger partial charge in [-0.15, -0.1) is 0 Å². The Morgan fingerprint density at radius 3 is 2.38 bits per heavy atom. The number of benzene rings is 2. The van der Waals surface area contributed by atoms with Crippen LogP contribution in [0.15, 0.2) is 36.4 Å². The maximum Gasteiger partial charge on any atom is 0.124 e. The van der Waals surface area contributed by atoms with Crippen LogP contribution in [-0.2, 0) is 6.54 Å². The van der Waals surface area contributed by atoms with Gasteiger partial charge in [0.05, 0.1) is 12.7 Å². The molecule has 0 aliphatic heterocycles. The van der Waals surface area contributed by atoms with Gasteiger partial charge in [-0.05, 0) is 31.2 Å². The van der Waals surface area contributed by atoms with E-state index in [1.165, 1.54) is 0 Å². The number of methoxy groups -OCH3 is 1. The summed E-state index contributed by atoms with van der Waals surface area (Å²) >= 11 is 6.18. The van der Waals surface area contributed by atoms with E-state index in [1.54, 1.807) is 31.4 Å². The summed E-state index contributed by atoms with van der Waals surface area (Å²) in [5.74, 6) is 0.811. The number of hydrogen-bond donors (Lipinski definition) is 3. The van der Waals surface area contributed by atoms with Crippen molar-refractivity contribution in [2.75, 3.05) is 7.11 Å². The Hall–Kier alpha value is -1.91. The minimum Gasteiger partial charge on any atom is -0.507 e. The maximum absolute atomic E-state index is 9.86. The topological polar surface area (TPSA) is 61.7 Å². The highest BCUT2D eigenvalue weighted by Gasteiger charge is 2.16. The average molecular weight is 308 g/mol. The lowest BCUT2D eigenvalue weighted by Gasteiger charge is -2.18. The van der Waals surface area contributed by atoms with Crippen LogP contribution in [0.1, 0.15) is 24.1 Å². The van der Waals surface area contributed by atoms with Crippen molar-refractivity contribution in [3.8, 4) is 17.2 Å². The van der Waals surface area contributed by atoms with Gasteiger partial charge in [0, 0.05) is 23.2 Å². The first kappa shape index (κ1) is 15.5. The van der Waals surface area contributed by atoms with Crippen LogP contribution in [0, 0.1) is 0 Å². The van der Waals surface area contributed by atoms with E-state index in [1.807, 2.05) is 19.1 Å². The van der Waals surface area contributed by atoms with Crippen molar-refractivity contribution in [2.45, 2.75) is 19.5 Å². The Bertz CT molecular complexity index is 611. The van der Waals surface area contributed by atoms with Gasteiger partial charge in [-0.1, -0.05) is 23.7 Å². The Morgan fingerprint density at radius 2 is 1.76 bits per heavy atom. The summed E-state index contributed by atoms with van der Waals surface area (Å²) in [4.78, 5) is 0. The van der Waals surface area contributed by atoms with Gasteiger partial charge in [0.2, 0.25) is 0 Å². The van der Waals surface area contributed by atoms with E-state index >= 15 is 0 Å². The molecule has 0 aromatic heterocycles. The highest BCUT2D eigenvalue weighted by Crippen LogP contribution is 2.33. The molecule has 112 valence electrons. The average Bonchev–Trinajstić information content (AvgIpc) is 2.45. The van der Waals surface area contributed by atoms with Gasteiger partial charge >= 0.3 is 0 Å². The largest absolute Gasteiger partial charge is 0.507 e. The molecule has 0 saturated carbocycles. The van der Waals surface area contributed by atoms with E-state index in [9.17, 15) is 10.2 Å². The molecule has 0 saturated heterocycles. The highest BCUT2D eigenvalue weighted by atomic mass is 35.5. The zero-order chi connectivity index (χ0) is 15.4. The fraction of sp³-hybridized carbons (Fsp3) is 0.250.